The Kier molecular flexibility index (Phi) is 5.87. The number of nitrogens with zero attached hydrogens (tertiary/aromatic N) is 2. The maximum atomic E-state index is 11.8. The highest BCUT2D eigenvalue weighted by Crippen LogP contribution is 2.28. The summed E-state index contributed by atoms with van der Waals surface area (Å²) in [6.07, 6.45) is -0.462. The number of carbonyl (C=O) groups is 1. The molecule has 0 spiro atoms. The standard InChI is InChI=1S/C22H25N3O4/c1-14-9-10-17(12-18(14)27-5)20-25-24-19(28-20)16-8-6-7-15(11-16)13-23-21(26)29-22(2,3)4/h6-12H,13H2,1-5H3,(H,23,26). The summed E-state index contributed by atoms with van der Waals surface area (Å²) >= 11 is 0. The number of benzene rings is 2. The maximum absolute atomic E-state index is 11.8. The molecule has 1 N–H and O–H groups in total. The van der Waals surface area contributed by atoms with Crippen LogP contribution in [0.5, 0.6) is 5.75 Å². The van der Waals surface area contributed by atoms with Crippen LogP contribution < -0.4 is 10.1 Å². The fourth-order valence-corrected chi connectivity index (χ4v) is 2.71. The fraction of sp³-hybridized carbons (Fsp3) is 0.318. The molecule has 1 aromatic heterocycles. The number of hydrogen-bond donors (Lipinski definition) is 1. The maximum Gasteiger partial charge on any atom is 0.407 e. The molecule has 0 aliphatic heterocycles. The number of alkyl carbamates (subject to hydrolysis) is 1. The van der Waals surface area contributed by atoms with Crippen molar-refractivity contribution in [2.24, 2.45) is 0 Å². The predicted molar refractivity (Wildman–Crippen MR) is 110 cm³/mol. The zero-order valence-corrected chi connectivity index (χ0v) is 17.3. The molecule has 0 saturated heterocycles. The second-order valence-electron chi connectivity index (χ2n) is 7.65. The van der Waals surface area contributed by atoms with Gasteiger partial charge in [-0.15, -0.1) is 10.2 Å². The van der Waals surface area contributed by atoms with E-state index < -0.39 is 11.7 Å². The first-order valence-electron chi connectivity index (χ1n) is 9.30. The summed E-state index contributed by atoms with van der Waals surface area (Å²) in [5, 5.41) is 11.0. The van der Waals surface area contributed by atoms with Gasteiger partial charge in [0.25, 0.3) is 0 Å². The van der Waals surface area contributed by atoms with Crippen molar-refractivity contribution >= 4 is 6.09 Å². The van der Waals surface area contributed by atoms with E-state index in [1.807, 2.05) is 70.2 Å². The normalized spacial score (nSPS) is 11.2. The number of nitrogens with one attached hydrogen (secondary N) is 1. The number of methoxy groups -OCH3 is 1. The van der Waals surface area contributed by atoms with Crippen LogP contribution in [0.1, 0.15) is 31.9 Å². The lowest BCUT2D eigenvalue weighted by molar-refractivity contribution is 0.0523. The third-order valence-corrected chi connectivity index (χ3v) is 4.09. The van der Waals surface area contributed by atoms with Crippen molar-refractivity contribution in [1.82, 2.24) is 15.5 Å². The van der Waals surface area contributed by atoms with E-state index >= 15 is 0 Å². The van der Waals surface area contributed by atoms with Crippen LogP contribution in [0.15, 0.2) is 46.9 Å². The zero-order chi connectivity index (χ0) is 21.0. The van der Waals surface area contributed by atoms with Gasteiger partial charge in [0.1, 0.15) is 11.4 Å². The van der Waals surface area contributed by atoms with Gasteiger partial charge in [0.15, 0.2) is 0 Å². The van der Waals surface area contributed by atoms with Crippen molar-refractivity contribution in [3.8, 4) is 28.7 Å². The molecule has 0 atom stereocenters. The van der Waals surface area contributed by atoms with E-state index in [1.165, 1.54) is 0 Å². The smallest absolute Gasteiger partial charge is 0.407 e. The van der Waals surface area contributed by atoms with Crippen LogP contribution in [0.4, 0.5) is 4.79 Å². The van der Waals surface area contributed by atoms with E-state index in [1.54, 1.807) is 7.11 Å². The quantitative estimate of drug-likeness (QED) is 0.671. The summed E-state index contributed by atoms with van der Waals surface area (Å²) in [7, 11) is 1.63. The van der Waals surface area contributed by atoms with Crippen molar-refractivity contribution in [1.29, 1.82) is 0 Å². The molecule has 0 bridgehead atoms. The molecule has 0 radical (unpaired) electrons. The molecule has 0 saturated carbocycles. The summed E-state index contributed by atoms with van der Waals surface area (Å²) < 4.78 is 16.5. The number of rotatable bonds is 5. The average Bonchev–Trinajstić information content (AvgIpc) is 3.16. The summed E-state index contributed by atoms with van der Waals surface area (Å²) in [4.78, 5) is 11.8. The van der Waals surface area contributed by atoms with E-state index in [0.717, 1.165) is 28.0 Å². The third-order valence-electron chi connectivity index (χ3n) is 4.09. The van der Waals surface area contributed by atoms with Gasteiger partial charge in [-0.3, -0.25) is 0 Å². The Hall–Kier alpha value is -3.35. The second kappa shape index (κ2) is 8.34. The number of hydrogen-bond acceptors (Lipinski definition) is 6. The highest BCUT2D eigenvalue weighted by molar-refractivity contribution is 5.68. The summed E-state index contributed by atoms with van der Waals surface area (Å²) in [5.74, 6) is 1.58. The highest BCUT2D eigenvalue weighted by Gasteiger charge is 2.16. The van der Waals surface area contributed by atoms with Crippen LogP contribution in [-0.4, -0.2) is 29.0 Å². The molecule has 0 fully saturated rings. The summed E-state index contributed by atoms with van der Waals surface area (Å²) in [5.41, 5.74) is 2.94. The van der Waals surface area contributed by atoms with Crippen LogP contribution in [-0.2, 0) is 11.3 Å². The molecule has 0 aliphatic carbocycles. The van der Waals surface area contributed by atoms with E-state index in [4.69, 9.17) is 13.9 Å². The zero-order valence-electron chi connectivity index (χ0n) is 17.3. The van der Waals surface area contributed by atoms with Gasteiger partial charge in [-0.2, -0.15) is 0 Å². The first-order chi connectivity index (χ1) is 13.7. The molecule has 2 aromatic carbocycles. The van der Waals surface area contributed by atoms with Crippen LogP contribution in [0, 0.1) is 6.92 Å². The van der Waals surface area contributed by atoms with Crippen molar-refractivity contribution in [2.75, 3.05) is 7.11 Å². The Balaban J connectivity index is 1.74. The molecular formula is C22H25N3O4. The molecular weight excluding hydrogens is 370 g/mol. The third kappa shape index (κ3) is 5.34. The first kappa shape index (κ1) is 20.4. The van der Waals surface area contributed by atoms with Crippen molar-refractivity contribution in [3.63, 3.8) is 0 Å². The van der Waals surface area contributed by atoms with Gasteiger partial charge in [-0.05, 0) is 63.1 Å². The van der Waals surface area contributed by atoms with Crippen LogP contribution in [0.2, 0.25) is 0 Å². The monoisotopic (exact) mass is 395 g/mol. The lowest BCUT2D eigenvalue weighted by Gasteiger charge is -2.19. The molecule has 1 heterocycles. The SMILES string of the molecule is COc1cc(-c2nnc(-c3cccc(CNC(=O)OC(C)(C)C)c3)o2)ccc1C. The Labute approximate surface area is 170 Å². The van der Waals surface area contributed by atoms with Crippen LogP contribution >= 0.6 is 0 Å². The number of ether oxygens (including phenoxy) is 2. The van der Waals surface area contributed by atoms with E-state index in [9.17, 15) is 4.79 Å². The molecule has 1 amide bonds. The van der Waals surface area contributed by atoms with Gasteiger partial charge in [0.2, 0.25) is 11.8 Å². The van der Waals surface area contributed by atoms with E-state index in [2.05, 4.69) is 15.5 Å². The Morgan fingerprint density at radius 1 is 1.07 bits per heavy atom. The van der Waals surface area contributed by atoms with Gasteiger partial charge >= 0.3 is 6.09 Å². The number of amides is 1. The number of carbonyl (C=O) groups excluding carboxylic acids is 1. The minimum absolute atomic E-state index is 0.332. The topological polar surface area (TPSA) is 86.5 Å². The van der Waals surface area contributed by atoms with Crippen LogP contribution in [0.25, 0.3) is 22.9 Å². The Morgan fingerprint density at radius 3 is 2.41 bits per heavy atom. The Morgan fingerprint density at radius 2 is 1.76 bits per heavy atom. The van der Waals surface area contributed by atoms with Crippen molar-refractivity contribution in [3.05, 3.63) is 53.6 Å². The lowest BCUT2D eigenvalue weighted by atomic mass is 10.1. The predicted octanol–water partition coefficient (Wildman–Crippen LogP) is 4.75. The van der Waals surface area contributed by atoms with Gasteiger partial charge in [-0.25, -0.2) is 4.79 Å². The minimum Gasteiger partial charge on any atom is -0.496 e. The molecule has 7 nitrogen and oxygen atoms in total. The van der Waals surface area contributed by atoms with Crippen molar-refractivity contribution in [2.45, 2.75) is 39.8 Å². The van der Waals surface area contributed by atoms with E-state index in [0.29, 0.717) is 18.3 Å². The Bertz CT molecular complexity index is 1010. The highest BCUT2D eigenvalue weighted by atomic mass is 16.6. The summed E-state index contributed by atoms with van der Waals surface area (Å²) in [6, 6.07) is 13.3. The molecule has 0 aliphatic rings. The van der Waals surface area contributed by atoms with Gasteiger partial charge < -0.3 is 19.2 Å². The van der Waals surface area contributed by atoms with Gasteiger partial charge in [0.05, 0.1) is 7.11 Å². The molecule has 3 rings (SSSR count). The van der Waals surface area contributed by atoms with Gasteiger partial charge in [0, 0.05) is 17.7 Å². The largest absolute Gasteiger partial charge is 0.496 e. The first-order valence-corrected chi connectivity index (χ1v) is 9.30. The molecule has 152 valence electrons. The van der Waals surface area contributed by atoms with E-state index in [-0.39, 0.29) is 0 Å². The average molecular weight is 395 g/mol. The molecule has 0 unspecified atom stereocenters. The fourth-order valence-electron chi connectivity index (χ4n) is 2.71. The molecule has 3 aromatic rings. The lowest BCUT2D eigenvalue weighted by Crippen LogP contribution is -2.32. The second-order valence-corrected chi connectivity index (χ2v) is 7.65. The van der Waals surface area contributed by atoms with Crippen molar-refractivity contribution < 1.29 is 18.7 Å². The molecule has 7 heteroatoms. The molecule has 29 heavy (non-hydrogen) atoms. The van der Waals surface area contributed by atoms with Gasteiger partial charge in [-0.1, -0.05) is 18.2 Å². The minimum atomic E-state index is -0.537. The number of aryl methyl sites for hydroxylation is 1. The number of aromatic nitrogens is 2. The summed E-state index contributed by atoms with van der Waals surface area (Å²) in [6.45, 7) is 7.77. The van der Waals surface area contributed by atoms with Crippen LogP contribution in [0.3, 0.4) is 0 Å².